The summed E-state index contributed by atoms with van der Waals surface area (Å²) in [5.74, 6) is -3.99. The highest BCUT2D eigenvalue weighted by Crippen LogP contribution is 2.47. The Morgan fingerprint density at radius 3 is 2.51 bits per heavy atom. The van der Waals surface area contributed by atoms with Gasteiger partial charge in [-0.05, 0) is 51.1 Å². The topological polar surface area (TPSA) is 86.8 Å². The van der Waals surface area contributed by atoms with E-state index in [-0.39, 0.29) is 23.5 Å². The number of aromatic nitrogens is 3. The Labute approximate surface area is 237 Å². The maximum atomic E-state index is 15.7. The molecule has 0 unspecified atom stereocenters. The van der Waals surface area contributed by atoms with E-state index in [1.807, 2.05) is 0 Å². The van der Waals surface area contributed by atoms with Gasteiger partial charge < -0.3 is 10.2 Å². The van der Waals surface area contributed by atoms with Crippen LogP contribution in [0, 0.1) is 23.1 Å². The lowest BCUT2D eigenvalue weighted by molar-refractivity contribution is -0.0592. The number of benzene rings is 1. The maximum absolute atomic E-state index is 15.7. The van der Waals surface area contributed by atoms with Crippen LogP contribution in [0.2, 0.25) is 0 Å². The van der Waals surface area contributed by atoms with E-state index in [1.165, 1.54) is 24.5 Å². The number of rotatable bonds is 1. The third-order valence-electron chi connectivity index (χ3n) is 9.04. The Morgan fingerprint density at radius 2 is 1.78 bits per heavy atom. The van der Waals surface area contributed by atoms with Gasteiger partial charge in [-0.15, -0.1) is 0 Å². The molecule has 10 heteroatoms. The first-order valence-corrected chi connectivity index (χ1v) is 14.7. The largest absolute Gasteiger partial charge is 0.363 e. The number of aryl methyl sites for hydroxylation is 1. The van der Waals surface area contributed by atoms with Gasteiger partial charge in [0.25, 0.3) is 11.5 Å². The van der Waals surface area contributed by atoms with Crippen molar-refractivity contribution in [3.05, 3.63) is 63.5 Å². The molecule has 3 aromatic rings. The van der Waals surface area contributed by atoms with Gasteiger partial charge in [-0.1, -0.05) is 37.5 Å². The van der Waals surface area contributed by atoms with Crippen molar-refractivity contribution in [2.45, 2.75) is 82.2 Å². The minimum Gasteiger partial charge on any atom is -0.363 e. The van der Waals surface area contributed by atoms with Gasteiger partial charge >= 0.3 is 0 Å². The van der Waals surface area contributed by atoms with Crippen molar-refractivity contribution in [2.75, 3.05) is 25.0 Å². The van der Waals surface area contributed by atoms with E-state index >= 15 is 13.2 Å². The Balaban J connectivity index is 1.41. The third kappa shape index (κ3) is 5.21. The molecule has 3 aliphatic heterocycles. The number of nitrogens with one attached hydrogen (secondary N) is 1. The first kappa shape index (κ1) is 27.7. The van der Waals surface area contributed by atoms with Crippen molar-refractivity contribution >= 4 is 16.9 Å². The van der Waals surface area contributed by atoms with Gasteiger partial charge in [0.15, 0.2) is 0 Å². The highest BCUT2D eigenvalue weighted by molar-refractivity contribution is 5.87. The Morgan fingerprint density at radius 1 is 1.05 bits per heavy atom. The minimum absolute atomic E-state index is 0.110. The van der Waals surface area contributed by atoms with Crippen molar-refractivity contribution in [1.29, 1.82) is 5.26 Å². The summed E-state index contributed by atoms with van der Waals surface area (Å²) in [5, 5.41) is 13.6. The molecule has 2 aromatic heterocycles. The van der Waals surface area contributed by atoms with Crippen LogP contribution in [0.3, 0.4) is 0 Å². The van der Waals surface area contributed by atoms with Gasteiger partial charge in [-0.25, -0.2) is 23.1 Å². The molecule has 1 aromatic carbocycles. The predicted octanol–water partition coefficient (Wildman–Crippen LogP) is 6.04. The molecule has 41 heavy (non-hydrogen) atoms. The van der Waals surface area contributed by atoms with Crippen molar-refractivity contribution in [3.63, 3.8) is 0 Å². The number of nitrogens with zero attached hydrogens (tertiary/aromatic N) is 5. The summed E-state index contributed by atoms with van der Waals surface area (Å²) in [5.41, 5.74) is -0.629. The van der Waals surface area contributed by atoms with Crippen LogP contribution in [0.15, 0.2) is 35.4 Å². The summed E-state index contributed by atoms with van der Waals surface area (Å²) >= 11 is 0. The molecule has 1 N–H and O–H groups in total. The molecule has 0 radical (unpaired) electrons. The summed E-state index contributed by atoms with van der Waals surface area (Å²) < 4.78 is 48.1. The first-order valence-electron chi connectivity index (χ1n) is 14.7. The van der Waals surface area contributed by atoms with Gasteiger partial charge in [0.2, 0.25) is 0 Å². The lowest BCUT2D eigenvalue weighted by atomic mass is 9.88. The Kier molecular flexibility index (Phi) is 7.26. The van der Waals surface area contributed by atoms with Crippen molar-refractivity contribution < 1.29 is 13.2 Å². The molecule has 8 bridgehead atoms. The highest BCUT2D eigenvalue weighted by atomic mass is 19.3. The summed E-state index contributed by atoms with van der Waals surface area (Å²) in [6.07, 6.45) is 6.96. The fraction of sp³-hybridized carbons (Fsp3) is 0.548. The smallest absolute Gasteiger partial charge is 0.276 e. The van der Waals surface area contributed by atoms with E-state index in [2.05, 4.69) is 26.3 Å². The first-order chi connectivity index (χ1) is 19.7. The lowest BCUT2D eigenvalue weighted by Gasteiger charge is -2.41. The number of hydrogen-bond acceptors (Lipinski definition) is 6. The quantitative estimate of drug-likeness (QED) is 0.388. The molecule has 0 spiro atoms. The van der Waals surface area contributed by atoms with E-state index in [4.69, 9.17) is 0 Å². The Hall–Kier alpha value is -3.45. The molecule has 1 saturated heterocycles. The van der Waals surface area contributed by atoms with E-state index in [9.17, 15) is 10.1 Å². The number of fused-ring (bicyclic) bond motifs is 8. The predicted molar refractivity (Wildman–Crippen MR) is 150 cm³/mol. The van der Waals surface area contributed by atoms with Crippen molar-refractivity contribution in [1.82, 2.24) is 19.4 Å². The SMILES string of the molecule is C[C@H]1Nc2ncnc3c2cc(C2(C#N)CC2)c(=O)n3CCCCCCCN2CC(C2)CC(F)(F)c2cccc1c2F. The van der Waals surface area contributed by atoms with Crippen molar-refractivity contribution in [2.24, 2.45) is 5.92 Å². The number of pyridine rings is 1. The molecule has 1 aliphatic carbocycles. The highest BCUT2D eigenvalue weighted by Gasteiger charge is 2.47. The molecule has 0 amide bonds. The summed E-state index contributed by atoms with van der Waals surface area (Å²) in [4.78, 5) is 24.7. The normalized spacial score (nSPS) is 25.8. The molecular formula is C31H35F3N6O. The number of halogens is 3. The number of hydrogen-bond donors (Lipinski definition) is 1. The average molecular weight is 565 g/mol. The third-order valence-corrected chi connectivity index (χ3v) is 9.04. The van der Waals surface area contributed by atoms with Crippen LogP contribution in [0.25, 0.3) is 11.0 Å². The average Bonchev–Trinajstić information content (AvgIpc) is 3.72. The molecule has 7 nitrogen and oxygen atoms in total. The molecule has 5 heterocycles. The van der Waals surface area contributed by atoms with E-state index in [1.54, 1.807) is 17.6 Å². The minimum atomic E-state index is -3.28. The Bertz CT molecular complexity index is 1550. The van der Waals surface area contributed by atoms with Gasteiger partial charge in [0.05, 0.1) is 28.5 Å². The van der Waals surface area contributed by atoms with Crippen LogP contribution in [0.1, 0.15) is 81.0 Å². The van der Waals surface area contributed by atoms with E-state index in [0.29, 0.717) is 54.9 Å². The molecule has 7 rings (SSSR count). The second kappa shape index (κ2) is 10.8. The number of anilines is 1. The van der Waals surface area contributed by atoms with Crippen LogP contribution in [0.5, 0.6) is 0 Å². The number of nitriles is 1. The van der Waals surface area contributed by atoms with Crippen LogP contribution >= 0.6 is 0 Å². The van der Waals surface area contributed by atoms with Gasteiger partial charge in [0, 0.05) is 37.2 Å². The zero-order chi connectivity index (χ0) is 28.8. The fourth-order valence-corrected chi connectivity index (χ4v) is 6.46. The zero-order valence-corrected chi connectivity index (χ0v) is 23.3. The summed E-state index contributed by atoms with van der Waals surface area (Å²) in [6.45, 7) is 4.26. The van der Waals surface area contributed by atoms with Crippen molar-refractivity contribution in [3.8, 4) is 6.07 Å². The monoisotopic (exact) mass is 564 g/mol. The van der Waals surface area contributed by atoms with E-state index < -0.39 is 28.8 Å². The maximum Gasteiger partial charge on any atom is 0.276 e. The lowest BCUT2D eigenvalue weighted by Crippen LogP contribution is -2.48. The van der Waals surface area contributed by atoms with Gasteiger partial charge in [-0.3, -0.25) is 9.36 Å². The van der Waals surface area contributed by atoms with E-state index in [0.717, 1.165) is 38.6 Å². The van der Waals surface area contributed by atoms with Gasteiger partial charge in [0.1, 0.15) is 23.6 Å². The van der Waals surface area contributed by atoms with Crippen LogP contribution < -0.4 is 10.9 Å². The molecule has 216 valence electrons. The molecular weight excluding hydrogens is 529 g/mol. The van der Waals surface area contributed by atoms with Crippen LogP contribution in [-0.4, -0.2) is 39.1 Å². The molecule has 1 saturated carbocycles. The van der Waals surface area contributed by atoms with Crippen LogP contribution in [-0.2, 0) is 17.9 Å². The summed E-state index contributed by atoms with van der Waals surface area (Å²) in [7, 11) is 0. The van der Waals surface area contributed by atoms with Crippen LogP contribution in [0.4, 0.5) is 19.0 Å². The molecule has 1 atom stereocenters. The second-order valence-electron chi connectivity index (χ2n) is 12.0. The molecule has 2 fully saturated rings. The standard InChI is InChI=1S/C31H35F3N6O/c1-20-22-8-7-9-24(26(22)32)31(33,34)15-21-16-39(17-21)12-5-3-2-4-6-13-40-28-23(27(38-20)36-19-37-28)14-25(29(40)41)30(18-35)10-11-30/h7-9,14,19-21H,2-6,10-13,15-17H2,1H3,(H,36,37,38)/t20-/m1/s1. The summed E-state index contributed by atoms with van der Waals surface area (Å²) in [6, 6.07) is 7.48. The second-order valence-corrected chi connectivity index (χ2v) is 12.0. The zero-order valence-electron chi connectivity index (χ0n) is 23.3. The fourth-order valence-electron chi connectivity index (χ4n) is 6.46. The van der Waals surface area contributed by atoms with Gasteiger partial charge in [-0.2, -0.15) is 5.26 Å². The number of alkyl halides is 2. The molecule has 4 aliphatic rings.